The highest BCUT2D eigenvalue weighted by molar-refractivity contribution is 7.20. The smallest absolute Gasteiger partial charge is 0.275 e. The van der Waals surface area contributed by atoms with Crippen molar-refractivity contribution in [3.05, 3.63) is 46.4 Å². The summed E-state index contributed by atoms with van der Waals surface area (Å²) in [6.07, 6.45) is 2.38. The molecule has 7 nitrogen and oxygen atoms in total. The molecule has 1 atom stereocenters. The van der Waals surface area contributed by atoms with Gasteiger partial charge in [0.1, 0.15) is 0 Å². The van der Waals surface area contributed by atoms with Crippen molar-refractivity contribution in [3.63, 3.8) is 0 Å². The Balaban J connectivity index is 1.63. The summed E-state index contributed by atoms with van der Waals surface area (Å²) in [5, 5.41) is 8.23. The number of nitrogens with one attached hydrogen (secondary N) is 1. The monoisotopic (exact) mass is 360 g/mol. The SMILES string of the molecule is COc1ccc(CC(C)CNc2nn3c(=O)ccnc3s2)cc1OC. The van der Waals surface area contributed by atoms with Crippen LogP contribution in [0, 0.1) is 5.92 Å². The molecule has 132 valence electrons. The van der Waals surface area contributed by atoms with Crippen molar-refractivity contribution in [1.29, 1.82) is 0 Å². The van der Waals surface area contributed by atoms with Gasteiger partial charge in [0.25, 0.3) is 5.56 Å². The van der Waals surface area contributed by atoms with E-state index in [9.17, 15) is 4.79 Å². The van der Waals surface area contributed by atoms with Crippen LogP contribution in [0.25, 0.3) is 4.96 Å². The van der Waals surface area contributed by atoms with Gasteiger partial charge in [-0.25, -0.2) is 4.98 Å². The van der Waals surface area contributed by atoms with Crippen molar-refractivity contribution in [1.82, 2.24) is 14.6 Å². The standard InChI is InChI=1S/C17H20N4O3S/c1-11(8-12-4-5-13(23-2)14(9-12)24-3)10-19-16-20-21-15(22)6-7-18-17(21)25-16/h4-7,9,11H,8,10H2,1-3H3,(H,19,20). The van der Waals surface area contributed by atoms with Crippen LogP contribution in [-0.4, -0.2) is 35.4 Å². The number of fused-ring (bicyclic) bond motifs is 1. The van der Waals surface area contributed by atoms with Crippen LogP contribution < -0.4 is 20.3 Å². The lowest BCUT2D eigenvalue weighted by atomic mass is 10.0. The summed E-state index contributed by atoms with van der Waals surface area (Å²) >= 11 is 1.36. The summed E-state index contributed by atoms with van der Waals surface area (Å²) in [6, 6.07) is 7.35. The van der Waals surface area contributed by atoms with E-state index in [1.165, 1.54) is 33.7 Å². The fourth-order valence-corrected chi connectivity index (χ4v) is 3.34. The topological polar surface area (TPSA) is 77.8 Å². The van der Waals surface area contributed by atoms with E-state index < -0.39 is 0 Å². The number of hydrogen-bond acceptors (Lipinski definition) is 7. The van der Waals surface area contributed by atoms with Gasteiger partial charge in [-0.05, 0) is 30.0 Å². The first kappa shape index (κ1) is 17.2. The number of nitrogens with zero attached hydrogens (tertiary/aromatic N) is 3. The third kappa shape index (κ3) is 3.90. The van der Waals surface area contributed by atoms with Gasteiger partial charge in [-0.1, -0.05) is 24.3 Å². The highest BCUT2D eigenvalue weighted by Gasteiger charge is 2.10. The summed E-state index contributed by atoms with van der Waals surface area (Å²) in [5.74, 6) is 1.83. The lowest BCUT2D eigenvalue weighted by molar-refractivity contribution is 0.354. The predicted octanol–water partition coefficient (Wildman–Crippen LogP) is 2.46. The minimum Gasteiger partial charge on any atom is -0.493 e. The average Bonchev–Trinajstić information content (AvgIpc) is 3.04. The fraction of sp³-hybridized carbons (Fsp3) is 0.353. The summed E-state index contributed by atoms with van der Waals surface area (Å²) in [6.45, 7) is 2.89. The molecule has 1 N–H and O–H groups in total. The molecule has 0 amide bonds. The molecule has 2 heterocycles. The van der Waals surface area contributed by atoms with Gasteiger partial charge >= 0.3 is 0 Å². The van der Waals surface area contributed by atoms with E-state index in [0.717, 1.165) is 24.5 Å². The second-order valence-corrected chi connectivity index (χ2v) is 6.72. The predicted molar refractivity (Wildman–Crippen MR) is 98.0 cm³/mol. The highest BCUT2D eigenvalue weighted by Crippen LogP contribution is 2.28. The first-order valence-corrected chi connectivity index (χ1v) is 8.72. The second-order valence-electron chi connectivity index (χ2n) is 5.76. The normalized spacial score (nSPS) is 12.1. The van der Waals surface area contributed by atoms with Crippen LogP contribution in [0.4, 0.5) is 5.13 Å². The molecule has 0 aliphatic carbocycles. The van der Waals surface area contributed by atoms with Crippen molar-refractivity contribution in [2.45, 2.75) is 13.3 Å². The molecule has 3 rings (SSSR count). The minimum atomic E-state index is -0.173. The molecule has 0 saturated heterocycles. The third-order valence-corrected chi connectivity index (χ3v) is 4.68. The molecule has 25 heavy (non-hydrogen) atoms. The zero-order valence-electron chi connectivity index (χ0n) is 14.4. The molecule has 8 heteroatoms. The van der Waals surface area contributed by atoms with Crippen LogP contribution >= 0.6 is 11.3 Å². The Morgan fingerprint density at radius 1 is 1.24 bits per heavy atom. The van der Waals surface area contributed by atoms with E-state index in [0.29, 0.717) is 16.0 Å². The zero-order chi connectivity index (χ0) is 17.8. The van der Waals surface area contributed by atoms with Gasteiger partial charge < -0.3 is 14.8 Å². The maximum Gasteiger partial charge on any atom is 0.275 e. The third-order valence-electron chi connectivity index (χ3n) is 3.80. The van der Waals surface area contributed by atoms with Gasteiger partial charge in [0.15, 0.2) is 11.5 Å². The van der Waals surface area contributed by atoms with Crippen molar-refractivity contribution in [2.24, 2.45) is 5.92 Å². The van der Waals surface area contributed by atoms with E-state index in [-0.39, 0.29) is 5.56 Å². The summed E-state index contributed by atoms with van der Waals surface area (Å²) in [5.41, 5.74) is 1.00. The first-order valence-electron chi connectivity index (χ1n) is 7.90. The highest BCUT2D eigenvalue weighted by atomic mass is 32.1. The minimum absolute atomic E-state index is 0.173. The van der Waals surface area contributed by atoms with E-state index >= 15 is 0 Å². The van der Waals surface area contributed by atoms with Crippen LogP contribution in [0.5, 0.6) is 11.5 Å². The zero-order valence-corrected chi connectivity index (χ0v) is 15.2. The lowest BCUT2D eigenvalue weighted by Crippen LogP contribution is -2.15. The number of ether oxygens (including phenoxy) is 2. The average molecular weight is 360 g/mol. The first-order chi connectivity index (χ1) is 12.1. The number of benzene rings is 1. The number of aromatic nitrogens is 3. The van der Waals surface area contributed by atoms with Crippen molar-refractivity contribution in [2.75, 3.05) is 26.1 Å². The molecule has 0 spiro atoms. The van der Waals surface area contributed by atoms with Gasteiger partial charge in [0, 0.05) is 18.8 Å². The van der Waals surface area contributed by atoms with E-state index in [1.54, 1.807) is 14.2 Å². The number of anilines is 1. The van der Waals surface area contributed by atoms with E-state index in [1.807, 2.05) is 18.2 Å². The summed E-state index contributed by atoms with van der Waals surface area (Å²) in [7, 11) is 3.26. The molecular formula is C17H20N4O3S. The Morgan fingerprint density at radius 2 is 2.04 bits per heavy atom. The van der Waals surface area contributed by atoms with Gasteiger partial charge in [-0.15, -0.1) is 5.10 Å². The molecule has 0 aliphatic heterocycles. The molecular weight excluding hydrogens is 340 g/mol. The molecule has 2 aromatic heterocycles. The second kappa shape index (κ2) is 7.52. The van der Waals surface area contributed by atoms with Crippen LogP contribution in [0.15, 0.2) is 35.3 Å². The van der Waals surface area contributed by atoms with Gasteiger partial charge in [0.05, 0.1) is 14.2 Å². The molecule has 1 unspecified atom stereocenters. The van der Waals surface area contributed by atoms with Gasteiger partial charge in [-0.2, -0.15) is 4.52 Å². The summed E-state index contributed by atoms with van der Waals surface area (Å²) in [4.78, 5) is 16.4. The van der Waals surface area contributed by atoms with E-state index in [4.69, 9.17) is 9.47 Å². The molecule has 0 fully saturated rings. The Kier molecular flexibility index (Phi) is 5.18. The van der Waals surface area contributed by atoms with Crippen molar-refractivity contribution < 1.29 is 9.47 Å². The molecule has 0 radical (unpaired) electrons. The maximum atomic E-state index is 11.7. The fourth-order valence-electron chi connectivity index (χ4n) is 2.56. The Labute approximate surface area is 149 Å². The van der Waals surface area contributed by atoms with Gasteiger partial charge in [-0.3, -0.25) is 4.79 Å². The number of methoxy groups -OCH3 is 2. The van der Waals surface area contributed by atoms with E-state index in [2.05, 4.69) is 22.3 Å². The van der Waals surface area contributed by atoms with Crippen molar-refractivity contribution >= 4 is 21.4 Å². The van der Waals surface area contributed by atoms with Crippen LogP contribution in [0.3, 0.4) is 0 Å². The molecule has 0 bridgehead atoms. The summed E-state index contributed by atoms with van der Waals surface area (Å²) < 4.78 is 11.9. The maximum absolute atomic E-state index is 11.7. The Morgan fingerprint density at radius 3 is 2.76 bits per heavy atom. The van der Waals surface area contributed by atoms with Crippen LogP contribution in [-0.2, 0) is 6.42 Å². The van der Waals surface area contributed by atoms with Gasteiger partial charge in [0.2, 0.25) is 10.1 Å². The quantitative estimate of drug-likeness (QED) is 0.697. The lowest BCUT2D eigenvalue weighted by Gasteiger charge is -2.14. The molecule has 1 aromatic carbocycles. The molecule has 0 aliphatic rings. The van der Waals surface area contributed by atoms with Crippen LogP contribution in [0.1, 0.15) is 12.5 Å². The number of hydrogen-bond donors (Lipinski definition) is 1. The number of rotatable bonds is 7. The Hall–Kier alpha value is -2.61. The molecule has 0 saturated carbocycles. The Bertz CT molecular complexity index is 922. The van der Waals surface area contributed by atoms with Crippen molar-refractivity contribution in [3.8, 4) is 11.5 Å². The molecule has 3 aromatic rings. The largest absolute Gasteiger partial charge is 0.493 e. The van der Waals surface area contributed by atoms with Crippen LogP contribution in [0.2, 0.25) is 0 Å².